The molecule has 2 amide bonds. The number of carboxylic acid groups (broad SMARTS) is 1. The van der Waals surface area contributed by atoms with E-state index in [4.69, 9.17) is 5.11 Å². The van der Waals surface area contributed by atoms with Gasteiger partial charge in [-0.3, -0.25) is 4.79 Å². The number of carboxylic acids is 1. The Morgan fingerprint density at radius 3 is 2.83 bits per heavy atom. The maximum absolute atomic E-state index is 11.8. The highest BCUT2D eigenvalue weighted by molar-refractivity contribution is 7.19. The lowest BCUT2D eigenvalue weighted by Crippen LogP contribution is -2.40. The van der Waals surface area contributed by atoms with Gasteiger partial charge in [-0.05, 0) is 26.0 Å². The van der Waals surface area contributed by atoms with Crippen LogP contribution in [0.15, 0.2) is 24.3 Å². The molecular formula is C14H14N6O3S. The molecule has 3 aromatic rings. The molecule has 0 saturated heterocycles. The van der Waals surface area contributed by atoms with Gasteiger partial charge in [0.25, 0.3) is 0 Å². The van der Waals surface area contributed by atoms with E-state index >= 15 is 0 Å². The van der Waals surface area contributed by atoms with Crippen LogP contribution in [-0.4, -0.2) is 43.0 Å². The summed E-state index contributed by atoms with van der Waals surface area (Å²) in [6.07, 6.45) is 0. The van der Waals surface area contributed by atoms with Gasteiger partial charge in [0, 0.05) is 11.3 Å². The van der Waals surface area contributed by atoms with Gasteiger partial charge in [-0.15, -0.1) is 10.2 Å². The number of fused-ring (bicyclic) bond motifs is 1. The van der Waals surface area contributed by atoms with Gasteiger partial charge < -0.3 is 15.7 Å². The van der Waals surface area contributed by atoms with Gasteiger partial charge >= 0.3 is 12.0 Å². The summed E-state index contributed by atoms with van der Waals surface area (Å²) in [5.41, 5.74) is 1.35. The van der Waals surface area contributed by atoms with Crippen LogP contribution in [0.3, 0.4) is 0 Å². The fraction of sp³-hybridized carbons (Fsp3) is 0.214. The molecule has 24 heavy (non-hydrogen) atoms. The largest absolute Gasteiger partial charge is 0.480 e. The second-order valence-electron chi connectivity index (χ2n) is 5.09. The zero-order valence-electron chi connectivity index (χ0n) is 12.8. The zero-order valence-corrected chi connectivity index (χ0v) is 13.7. The predicted octanol–water partition coefficient (Wildman–Crippen LogP) is 1.76. The van der Waals surface area contributed by atoms with Crippen LogP contribution < -0.4 is 10.6 Å². The number of aromatic nitrogens is 4. The molecule has 1 aromatic carbocycles. The standard InChI is InChI=1S/C14H14N6O3S/c1-7(12(21)22)15-13(23)16-10-5-3-4-9(6-10)11-19-20-8(2)17-18-14(20)24-11/h3-7H,1-2H3,(H,21,22)(H2,15,16,23). The van der Waals surface area contributed by atoms with Crippen LogP contribution in [0.5, 0.6) is 0 Å². The second-order valence-corrected chi connectivity index (χ2v) is 6.04. The third-order valence-corrected chi connectivity index (χ3v) is 4.18. The van der Waals surface area contributed by atoms with Crippen molar-refractivity contribution in [3.8, 4) is 10.6 Å². The molecule has 1 atom stereocenters. The van der Waals surface area contributed by atoms with Gasteiger partial charge in [0.1, 0.15) is 11.0 Å². The van der Waals surface area contributed by atoms with Crippen LogP contribution in [-0.2, 0) is 4.79 Å². The molecule has 0 aliphatic rings. The molecule has 0 aliphatic heterocycles. The number of anilines is 1. The Balaban J connectivity index is 1.78. The number of benzene rings is 1. The number of rotatable bonds is 4. The number of nitrogens with one attached hydrogen (secondary N) is 2. The normalized spacial score (nSPS) is 12.1. The van der Waals surface area contributed by atoms with E-state index in [1.54, 1.807) is 22.7 Å². The molecule has 3 N–H and O–H groups in total. The fourth-order valence-corrected chi connectivity index (χ4v) is 2.87. The van der Waals surface area contributed by atoms with Gasteiger partial charge in [-0.2, -0.15) is 9.61 Å². The number of hydrogen-bond donors (Lipinski definition) is 3. The minimum absolute atomic E-state index is 0.533. The molecule has 0 fully saturated rings. The van der Waals surface area contributed by atoms with Crippen LogP contribution >= 0.6 is 11.3 Å². The van der Waals surface area contributed by atoms with E-state index in [0.717, 1.165) is 10.6 Å². The van der Waals surface area contributed by atoms with Crippen LogP contribution in [0, 0.1) is 6.92 Å². The third-order valence-electron chi connectivity index (χ3n) is 3.23. The number of nitrogens with zero attached hydrogens (tertiary/aromatic N) is 4. The summed E-state index contributed by atoms with van der Waals surface area (Å²) in [5.74, 6) is -0.405. The quantitative estimate of drug-likeness (QED) is 0.662. The minimum atomic E-state index is -1.10. The van der Waals surface area contributed by atoms with Crippen molar-refractivity contribution in [1.29, 1.82) is 0 Å². The number of amides is 2. The molecule has 10 heteroatoms. The molecule has 0 spiro atoms. The molecular weight excluding hydrogens is 332 g/mol. The summed E-state index contributed by atoms with van der Waals surface area (Å²) in [6.45, 7) is 3.20. The number of carbonyl (C=O) groups excluding carboxylic acids is 1. The highest BCUT2D eigenvalue weighted by Crippen LogP contribution is 2.27. The van der Waals surface area contributed by atoms with Crippen LogP contribution in [0.1, 0.15) is 12.7 Å². The molecule has 2 aromatic heterocycles. The zero-order chi connectivity index (χ0) is 17.3. The van der Waals surface area contributed by atoms with Crippen molar-refractivity contribution >= 4 is 34.0 Å². The number of urea groups is 1. The van der Waals surface area contributed by atoms with Crippen molar-refractivity contribution in [2.45, 2.75) is 19.9 Å². The molecule has 0 bridgehead atoms. The molecule has 9 nitrogen and oxygen atoms in total. The first kappa shape index (κ1) is 15.9. The molecule has 0 radical (unpaired) electrons. The van der Waals surface area contributed by atoms with Gasteiger partial charge in [-0.1, -0.05) is 23.5 Å². The number of aryl methyl sites for hydroxylation is 1. The first-order chi connectivity index (χ1) is 11.4. The Kier molecular flexibility index (Phi) is 4.13. The van der Waals surface area contributed by atoms with Crippen molar-refractivity contribution in [1.82, 2.24) is 25.1 Å². The van der Waals surface area contributed by atoms with Crippen molar-refractivity contribution in [2.75, 3.05) is 5.32 Å². The smallest absolute Gasteiger partial charge is 0.325 e. The van der Waals surface area contributed by atoms with Crippen molar-refractivity contribution in [2.24, 2.45) is 0 Å². The molecule has 2 heterocycles. The average molecular weight is 346 g/mol. The molecule has 0 aliphatic carbocycles. The van der Waals surface area contributed by atoms with Gasteiger partial charge in [0.05, 0.1) is 0 Å². The molecule has 1 unspecified atom stereocenters. The van der Waals surface area contributed by atoms with Crippen molar-refractivity contribution in [3.63, 3.8) is 0 Å². The van der Waals surface area contributed by atoms with E-state index in [0.29, 0.717) is 16.5 Å². The third kappa shape index (κ3) is 3.18. The Labute approximate surface area is 140 Å². The summed E-state index contributed by atoms with van der Waals surface area (Å²) in [4.78, 5) is 23.2. The number of hydrogen-bond acceptors (Lipinski definition) is 6. The Hall–Kier alpha value is -3.01. The first-order valence-corrected chi connectivity index (χ1v) is 7.85. The minimum Gasteiger partial charge on any atom is -0.480 e. The van der Waals surface area contributed by atoms with E-state index < -0.39 is 18.0 Å². The highest BCUT2D eigenvalue weighted by atomic mass is 32.1. The van der Waals surface area contributed by atoms with E-state index in [9.17, 15) is 9.59 Å². The first-order valence-electron chi connectivity index (χ1n) is 7.03. The van der Waals surface area contributed by atoms with E-state index in [1.165, 1.54) is 18.3 Å². The van der Waals surface area contributed by atoms with Crippen molar-refractivity contribution in [3.05, 3.63) is 30.1 Å². The average Bonchev–Trinajstić information content (AvgIpc) is 3.10. The van der Waals surface area contributed by atoms with Gasteiger partial charge in [0.15, 0.2) is 5.82 Å². The lowest BCUT2D eigenvalue weighted by molar-refractivity contribution is -0.138. The SMILES string of the molecule is Cc1nnc2sc(-c3cccc(NC(=O)NC(C)C(=O)O)c3)nn12. The van der Waals surface area contributed by atoms with Crippen LogP contribution in [0.4, 0.5) is 10.5 Å². The van der Waals surface area contributed by atoms with Crippen molar-refractivity contribution < 1.29 is 14.7 Å². The van der Waals surface area contributed by atoms with E-state index in [1.807, 2.05) is 13.0 Å². The van der Waals surface area contributed by atoms with Crippen LogP contribution in [0.2, 0.25) is 0 Å². The van der Waals surface area contributed by atoms with Gasteiger partial charge in [0.2, 0.25) is 4.96 Å². The fourth-order valence-electron chi connectivity index (χ4n) is 1.99. The summed E-state index contributed by atoms with van der Waals surface area (Å²) >= 11 is 1.39. The Morgan fingerprint density at radius 2 is 2.12 bits per heavy atom. The number of carbonyl (C=O) groups is 2. The topological polar surface area (TPSA) is 122 Å². The summed E-state index contributed by atoms with van der Waals surface area (Å²) < 4.78 is 1.65. The van der Waals surface area contributed by atoms with Crippen LogP contribution in [0.25, 0.3) is 15.5 Å². The second kappa shape index (κ2) is 6.24. The number of aliphatic carboxylic acids is 1. The van der Waals surface area contributed by atoms with Gasteiger partial charge in [-0.25, -0.2) is 4.79 Å². The lowest BCUT2D eigenvalue weighted by atomic mass is 10.2. The maximum atomic E-state index is 11.8. The molecule has 3 rings (SSSR count). The molecule has 124 valence electrons. The monoisotopic (exact) mass is 346 g/mol. The lowest BCUT2D eigenvalue weighted by Gasteiger charge is -2.11. The predicted molar refractivity (Wildman–Crippen MR) is 88.1 cm³/mol. The Bertz CT molecular complexity index is 918. The highest BCUT2D eigenvalue weighted by Gasteiger charge is 2.14. The summed E-state index contributed by atoms with van der Waals surface area (Å²) in [5, 5.41) is 26.9. The summed E-state index contributed by atoms with van der Waals surface area (Å²) in [7, 11) is 0. The Morgan fingerprint density at radius 1 is 1.33 bits per heavy atom. The maximum Gasteiger partial charge on any atom is 0.325 e. The van der Waals surface area contributed by atoms with E-state index in [-0.39, 0.29) is 0 Å². The summed E-state index contributed by atoms with van der Waals surface area (Å²) in [6, 6.07) is 5.54. The molecule has 0 saturated carbocycles. The van der Waals surface area contributed by atoms with E-state index in [2.05, 4.69) is 25.9 Å².